The van der Waals surface area contributed by atoms with E-state index >= 15 is 0 Å². The fourth-order valence-electron chi connectivity index (χ4n) is 3.66. The van der Waals surface area contributed by atoms with Crippen molar-refractivity contribution in [3.63, 3.8) is 0 Å². The van der Waals surface area contributed by atoms with Crippen LogP contribution in [0.5, 0.6) is 0 Å². The van der Waals surface area contributed by atoms with Gasteiger partial charge >= 0.3 is 18.4 Å². The van der Waals surface area contributed by atoms with Gasteiger partial charge in [-0.3, -0.25) is 14.6 Å². The average molecular weight is 581 g/mol. The summed E-state index contributed by atoms with van der Waals surface area (Å²) in [6.45, 7) is -2.84. The first kappa shape index (κ1) is 27.4. The zero-order chi connectivity index (χ0) is 26.7. The van der Waals surface area contributed by atoms with Crippen LogP contribution in [0.25, 0.3) is 0 Å². The number of carbonyl (C=O) groups is 3. The zero-order valence-electron chi connectivity index (χ0n) is 18.3. The molecule has 14 heteroatoms. The van der Waals surface area contributed by atoms with Crippen LogP contribution in [0.4, 0.5) is 36.8 Å². The number of imide groups is 1. The number of alkyl halides is 6. The molecule has 0 radical (unpaired) electrons. The number of nitrogens with zero attached hydrogens (tertiary/aromatic N) is 3. The third-order valence-corrected chi connectivity index (χ3v) is 6.02. The number of hydrogen-bond acceptors (Lipinski definition) is 4. The molecule has 4 amide bonds. The van der Waals surface area contributed by atoms with Gasteiger partial charge in [0.1, 0.15) is 0 Å². The summed E-state index contributed by atoms with van der Waals surface area (Å²) in [5.74, 6) is -6.62. The molecular weight excluding hydrogens is 562 g/mol. The minimum absolute atomic E-state index is 0.0958. The van der Waals surface area contributed by atoms with Gasteiger partial charge in [-0.2, -0.15) is 26.3 Å². The van der Waals surface area contributed by atoms with Gasteiger partial charge in [-0.15, -0.1) is 0 Å². The third kappa shape index (κ3) is 6.74. The molecule has 0 saturated carbocycles. The quantitative estimate of drug-likeness (QED) is 0.527. The highest BCUT2D eigenvalue weighted by Gasteiger charge is 2.53. The van der Waals surface area contributed by atoms with Crippen LogP contribution < -0.4 is 10.2 Å². The number of piperidine rings is 1. The number of hydrogen-bond donors (Lipinski definition) is 1. The highest BCUT2D eigenvalue weighted by molar-refractivity contribution is 9.10. The maximum absolute atomic E-state index is 13.4. The van der Waals surface area contributed by atoms with Crippen molar-refractivity contribution in [1.82, 2.24) is 15.2 Å². The van der Waals surface area contributed by atoms with Crippen LogP contribution >= 0.6 is 15.9 Å². The molecule has 1 aliphatic heterocycles. The predicted octanol–water partition coefficient (Wildman–Crippen LogP) is 4.79. The van der Waals surface area contributed by atoms with Crippen molar-refractivity contribution in [3.8, 4) is 0 Å². The first-order valence-electron chi connectivity index (χ1n) is 10.5. The molecule has 1 aromatic carbocycles. The Morgan fingerprint density at radius 3 is 2.08 bits per heavy atom. The molecule has 194 valence electrons. The second-order valence-corrected chi connectivity index (χ2v) is 8.95. The normalized spacial score (nSPS) is 18.5. The number of pyridine rings is 1. The Labute approximate surface area is 209 Å². The SMILES string of the molecule is O=C(NCC(=O)N(C(=O)N1C[C@H](C(F)(F)F)C[C@H](C(F)(F)F)C1)c1ccc(Br)cc1)c1cccnc1. The Bertz CT molecular complexity index is 1070. The van der Waals surface area contributed by atoms with E-state index in [4.69, 9.17) is 0 Å². The van der Waals surface area contributed by atoms with Crippen molar-refractivity contribution < 1.29 is 40.7 Å². The molecule has 1 N–H and O–H groups in total. The molecule has 2 aromatic rings. The molecule has 2 heterocycles. The molecule has 36 heavy (non-hydrogen) atoms. The first-order valence-corrected chi connectivity index (χ1v) is 11.3. The molecule has 0 spiro atoms. The number of nitrogens with one attached hydrogen (secondary N) is 1. The molecule has 1 fully saturated rings. The summed E-state index contributed by atoms with van der Waals surface area (Å²) in [5.41, 5.74) is 0.00500. The summed E-state index contributed by atoms with van der Waals surface area (Å²) < 4.78 is 80.9. The lowest BCUT2D eigenvalue weighted by Gasteiger charge is -2.40. The number of carbonyl (C=O) groups excluding carboxylic acids is 3. The molecule has 0 bridgehead atoms. The highest BCUT2D eigenvalue weighted by Crippen LogP contribution is 2.41. The van der Waals surface area contributed by atoms with Gasteiger partial charge in [-0.25, -0.2) is 9.69 Å². The summed E-state index contributed by atoms with van der Waals surface area (Å²) in [4.78, 5) is 43.1. The molecule has 1 aromatic heterocycles. The van der Waals surface area contributed by atoms with E-state index in [-0.39, 0.29) is 11.3 Å². The molecule has 0 unspecified atom stereocenters. The van der Waals surface area contributed by atoms with E-state index in [1.807, 2.05) is 0 Å². The van der Waals surface area contributed by atoms with Gasteiger partial charge in [0, 0.05) is 30.0 Å². The maximum Gasteiger partial charge on any atom is 0.393 e. The minimum Gasteiger partial charge on any atom is -0.343 e. The highest BCUT2D eigenvalue weighted by atomic mass is 79.9. The number of halogens is 7. The summed E-state index contributed by atoms with van der Waals surface area (Å²) in [7, 11) is 0. The molecule has 3 rings (SSSR count). The number of amides is 4. The lowest BCUT2D eigenvalue weighted by atomic mass is 9.88. The number of urea groups is 1. The van der Waals surface area contributed by atoms with Gasteiger partial charge in [-0.05, 0) is 42.8 Å². The van der Waals surface area contributed by atoms with Crippen molar-refractivity contribution in [2.75, 3.05) is 24.5 Å². The van der Waals surface area contributed by atoms with Crippen LogP contribution in [-0.4, -0.2) is 59.7 Å². The Morgan fingerprint density at radius 1 is 1.00 bits per heavy atom. The number of rotatable bonds is 4. The fourth-order valence-corrected chi connectivity index (χ4v) is 3.92. The number of benzene rings is 1. The number of likely N-dealkylation sites (tertiary alicyclic amines) is 1. The summed E-state index contributed by atoms with van der Waals surface area (Å²) in [6.07, 6.45) is -8.54. The van der Waals surface area contributed by atoms with Crippen LogP contribution in [0.15, 0.2) is 53.3 Å². The Morgan fingerprint density at radius 2 is 1.58 bits per heavy atom. The minimum atomic E-state index is -4.98. The third-order valence-electron chi connectivity index (χ3n) is 5.50. The van der Waals surface area contributed by atoms with Gasteiger partial charge in [0.25, 0.3) is 11.8 Å². The molecule has 0 aliphatic carbocycles. The monoisotopic (exact) mass is 580 g/mol. The van der Waals surface area contributed by atoms with E-state index in [0.717, 1.165) is 0 Å². The molecule has 7 nitrogen and oxygen atoms in total. The van der Waals surface area contributed by atoms with E-state index in [2.05, 4.69) is 26.2 Å². The maximum atomic E-state index is 13.4. The van der Waals surface area contributed by atoms with Crippen molar-refractivity contribution >= 4 is 39.5 Å². The van der Waals surface area contributed by atoms with E-state index in [9.17, 15) is 40.7 Å². The second-order valence-electron chi connectivity index (χ2n) is 8.03. The van der Waals surface area contributed by atoms with Gasteiger partial charge < -0.3 is 10.2 Å². The fraction of sp³-hybridized carbons (Fsp3) is 0.364. The Balaban J connectivity index is 1.88. The van der Waals surface area contributed by atoms with Crippen LogP contribution in [0.1, 0.15) is 16.8 Å². The first-order chi connectivity index (χ1) is 16.8. The summed E-state index contributed by atoms with van der Waals surface area (Å²) in [5, 5.41) is 2.27. The topological polar surface area (TPSA) is 82.6 Å². The average Bonchev–Trinajstić information content (AvgIpc) is 2.83. The summed E-state index contributed by atoms with van der Waals surface area (Å²) >= 11 is 3.17. The van der Waals surface area contributed by atoms with Crippen LogP contribution in [0.3, 0.4) is 0 Å². The van der Waals surface area contributed by atoms with Crippen LogP contribution in [0.2, 0.25) is 0 Å². The van der Waals surface area contributed by atoms with E-state index in [1.165, 1.54) is 48.8 Å². The number of anilines is 1. The van der Waals surface area contributed by atoms with Crippen LogP contribution in [-0.2, 0) is 4.79 Å². The Kier molecular flexibility index (Phi) is 8.26. The zero-order valence-corrected chi connectivity index (χ0v) is 19.9. The smallest absolute Gasteiger partial charge is 0.343 e. The van der Waals surface area contributed by atoms with Crippen molar-refractivity contribution in [3.05, 3.63) is 58.8 Å². The lowest BCUT2D eigenvalue weighted by Crippen LogP contribution is -2.57. The molecular formula is C22H19BrF6N4O3. The largest absolute Gasteiger partial charge is 0.393 e. The van der Waals surface area contributed by atoms with E-state index in [1.54, 1.807) is 0 Å². The summed E-state index contributed by atoms with van der Waals surface area (Å²) in [6, 6.07) is 6.96. The van der Waals surface area contributed by atoms with E-state index in [0.29, 0.717) is 14.3 Å². The van der Waals surface area contributed by atoms with Gasteiger partial charge in [0.05, 0.1) is 29.6 Å². The standard InChI is InChI=1S/C22H19BrF6N4O3/c23-16-3-5-17(6-4-16)33(18(34)10-31-19(35)13-2-1-7-30-9-13)20(36)32-11-14(21(24,25)26)8-15(12-32)22(27,28)29/h1-7,9,14-15H,8,10-12H2,(H,31,35)/t14-,15+. The van der Waals surface area contributed by atoms with E-state index < -0.39 is 68.1 Å². The van der Waals surface area contributed by atoms with Crippen LogP contribution in [0, 0.1) is 11.8 Å². The molecule has 2 atom stereocenters. The second kappa shape index (κ2) is 10.8. The van der Waals surface area contributed by atoms with Crippen molar-refractivity contribution in [2.24, 2.45) is 11.8 Å². The van der Waals surface area contributed by atoms with Crippen molar-refractivity contribution in [2.45, 2.75) is 18.8 Å². The number of aromatic nitrogens is 1. The van der Waals surface area contributed by atoms with Gasteiger partial charge in [-0.1, -0.05) is 15.9 Å². The molecule has 1 aliphatic rings. The predicted molar refractivity (Wildman–Crippen MR) is 119 cm³/mol. The van der Waals surface area contributed by atoms with Gasteiger partial charge in [0.2, 0.25) is 0 Å². The van der Waals surface area contributed by atoms with Gasteiger partial charge in [0.15, 0.2) is 0 Å². The Hall–Kier alpha value is -3.16. The molecule has 1 saturated heterocycles. The van der Waals surface area contributed by atoms with Crippen molar-refractivity contribution in [1.29, 1.82) is 0 Å². The lowest BCUT2D eigenvalue weighted by molar-refractivity contribution is -0.226.